The minimum Gasteiger partial charge on any atom is -0.497 e. The maximum atomic E-state index is 14.3. The quantitative estimate of drug-likeness (QED) is 0.591. The van der Waals surface area contributed by atoms with E-state index in [0.717, 1.165) is 48.6 Å². The second-order valence-electron chi connectivity index (χ2n) is 10.6. The van der Waals surface area contributed by atoms with Gasteiger partial charge in [0.05, 0.1) is 32.4 Å². The van der Waals surface area contributed by atoms with E-state index in [-0.39, 0.29) is 23.8 Å². The van der Waals surface area contributed by atoms with Crippen molar-refractivity contribution < 1.29 is 19.1 Å². The van der Waals surface area contributed by atoms with Crippen molar-refractivity contribution in [2.75, 3.05) is 44.1 Å². The van der Waals surface area contributed by atoms with Crippen LogP contribution in [0.25, 0.3) is 0 Å². The summed E-state index contributed by atoms with van der Waals surface area (Å²) in [5.41, 5.74) is 1.96. The number of benzene rings is 1. The number of carbonyl (C=O) groups excluding carboxylic acids is 2. The summed E-state index contributed by atoms with van der Waals surface area (Å²) < 4.78 is 10.2. The molecular weight excluding hydrogens is 458 g/mol. The van der Waals surface area contributed by atoms with Crippen LogP contribution in [0.1, 0.15) is 43.4 Å². The summed E-state index contributed by atoms with van der Waals surface area (Å²) in [7, 11) is 3.08. The average molecular weight is 492 g/mol. The number of nitrogens with one attached hydrogen (secondary N) is 1. The van der Waals surface area contributed by atoms with Gasteiger partial charge in [0.25, 0.3) is 0 Å². The molecule has 0 bridgehead atoms. The molecule has 2 aliphatic carbocycles. The number of likely N-dealkylation sites (tertiary alicyclic amines) is 1. The number of carbonyl (C=O) groups is 2. The molecule has 2 aliphatic heterocycles. The highest BCUT2D eigenvalue weighted by atomic mass is 16.5. The first-order valence-corrected chi connectivity index (χ1v) is 12.9. The zero-order chi connectivity index (χ0) is 24.9. The van der Waals surface area contributed by atoms with Gasteiger partial charge in [-0.2, -0.15) is 0 Å². The van der Waals surface area contributed by atoms with Gasteiger partial charge in [-0.1, -0.05) is 0 Å². The van der Waals surface area contributed by atoms with Crippen LogP contribution in [-0.4, -0.2) is 66.6 Å². The Balaban J connectivity index is 1.30. The van der Waals surface area contributed by atoms with Crippen molar-refractivity contribution in [1.29, 1.82) is 0 Å². The van der Waals surface area contributed by atoms with E-state index in [0.29, 0.717) is 31.4 Å². The van der Waals surface area contributed by atoms with E-state index in [4.69, 9.17) is 14.5 Å². The maximum Gasteiger partial charge on any atom is 0.308 e. The van der Waals surface area contributed by atoms with E-state index < -0.39 is 5.41 Å². The van der Waals surface area contributed by atoms with Gasteiger partial charge >= 0.3 is 5.97 Å². The smallest absolute Gasteiger partial charge is 0.308 e. The molecule has 3 heterocycles. The highest BCUT2D eigenvalue weighted by Gasteiger charge is 2.55. The third-order valence-corrected chi connectivity index (χ3v) is 8.39. The van der Waals surface area contributed by atoms with Crippen LogP contribution < -0.4 is 15.0 Å². The fourth-order valence-electron chi connectivity index (χ4n) is 5.92. The SMILES string of the molecule is COC(=O)C1CC(N2CCC3(C2)C(=O)N(c2ccc(OC)cc2)Cc2cnc(NCC4CC4)nc23)C1. The van der Waals surface area contributed by atoms with Crippen molar-refractivity contribution in [3.05, 3.63) is 41.7 Å². The van der Waals surface area contributed by atoms with E-state index >= 15 is 0 Å². The van der Waals surface area contributed by atoms with E-state index in [1.54, 1.807) is 7.11 Å². The van der Waals surface area contributed by atoms with Gasteiger partial charge in [-0.25, -0.2) is 9.97 Å². The summed E-state index contributed by atoms with van der Waals surface area (Å²) in [5.74, 6) is 1.97. The minimum atomic E-state index is -0.733. The molecule has 0 radical (unpaired) electrons. The molecule has 1 spiro atoms. The summed E-state index contributed by atoms with van der Waals surface area (Å²) >= 11 is 0. The van der Waals surface area contributed by atoms with Crippen molar-refractivity contribution in [1.82, 2.24) is 14.9 Å². The van der Waals surface area contributed by atoms with Crippen molar-refractivity contribution in [2.24, 2.45) is 11.8 Å². The van der Waals surface area contributed by atoms with Gasteiger partial charge in [0.2, 0.25) is 11.9 Å². The molecule has 2 aromatic rings. The molecule has 9 heteroatoms. The van der Waals surface area contributed by atoms with Crippen LogP contribution in [-0.2, 0) is 26.3 Å². The van der Waals surface area contributed by atoms with Crippen LogP contribution in [0, 0.1) is 11.8 Å². The summed E-state index contributed by atoms with van der Waals surface area (Å²) in [6.45, 7) is 2.72. The summed E-state index contributed by atoms with van der Waals surface area (Å²) in [6.07, 6.45) is 6.65. The molecule has 2 saturated carbocycles. The number of nitrogens with zero attached hydrogens (tertiary/aromatic N) is 4. The number of methoxy groups -OCH3 is 2. The second kappa shape index (κ2) is 9.03. The zero-order valence-corrected chi connectivity index (χ0v) is 20.9. The van der Waals surface area contributed by atoms with Crippen LogP contribution in [0.3, 0.4) is 0 Å². The Morgan fingerprint density at radius 1 is 1.19 bits per heavy atom. The zero-order valence-electron chi connectivity index (χ0n) is 20.9. The van der Waals surface area contributed by atoms with Gasteiger partial charge in [0.1, 0.15) is 11.2 Å². The van der Waals surface area contributed by atoms with Gasteiger partial charge < -0.3 is 19.7 Å². The summed E-state index contributed by atoms with van der Waals surface area (Å²) in [4.78, 5) is 40.0. The summed E-state index contributed by atoms with van der Waals surface area (Å²) in [5, 5.41) is 3.39. The van der Waals surface area contributed by atoms with Gasteiger partial charge in [-0.15, -0.1) is 0 Å². The third-order valence-electron chi connectivity index (χ3n) is 8.39. The number of amides is 1. The standard InChI is InChI=1S/C27H33N5O4/c1-35-22-7-5-20(6-8-22)32-15-19-14-29-26(28-13-17-3-4-17)30-23(19)27(25(32)34)9-10-31(16-27)21-11-18(12-21)24(33)36-2/h5-8,14,17-18,21H,3-4,9-13,15-16H2,1-2H3,(H,28,29,30). The van der Waals surface area contributed by atoms with Crippen LogP contribution in [0.2, 0.25) is 0 Å². The number of rotatable bonds is 7. The van der Waals surface area contributed by atoms with Crippen LogP contribution in [0.5, 0.6) is 5.75 Å². The Kier molecular flexibility index (Phi) is 5.82. The van der Waals surface area contributed by atoms with Crippen molar-refractivity contribution in [3.8, 4) is 5.75 Å². The molecule has 4 aliphatic rings. The number of anilines is 2. The first kappa shape index (κ1) is 23.2. The lowest BCUT2D eigenvalue weighted by atomic mass is 9.76. The molecule has 1 atom stereocenters. The van der Waals surface area contributed by atoms with Crippen molar-refractivity contribution >= 4 is 23.5 Å². The van der Waals surface area contributed by atoms with Crippen molar-refractivity contribution in [3.63, 3.8) is 0 Å². The fourth-order valence-corrected chi connectivity index (χ4v) is 5.92. The first-order chi connectivity index (χ1) is 17.5. The second-order valence-corrected chi connectivity index (χ2v) is 10.6. The Labute approximate surface area is 211 Å². The number of aromatic nitrogens is 2. The van der Waals surface area contributed by atoms with Crippen LogP contribution in [0.4, 0.5) is 11.6 Å². The highest BCUT2D eigenvalue weighted by Crippen LogP contribution is 2.46. The maximum absolute atomic E-state index is 14.3. The first-order valence-electron chi connectivity index (χ1n) is 12.9. The average Bonchev–Trinajstić information content (AvgIpc) is 3.62. The molecule has 1 aromatic carbocycles. The lowest BCUT2D eigenvalue weighted by Gasteiger charge is -2.43. The highest BCUT2D eigenvalue weighted by molar-refractivity contribution is 6.03. The molecule has 36 heavy (non-hydrogen) atoms. The Hall–Kier alpha value is -3.20. The molecular formula is C27H33N5O4. The third kappa shape index (κ3) is 3.99. The normalized spacial score (nSPS) is 27.5. The molecule has 1 aromatic heterocycles. The Morgan fingerprint density at radius 2 is 1.97 bits per heavy atom. The number of hydrogen-bond donors (Lipinski definition) is 1. The molecule has 6 rings (SSSR count). The topological polar surface area (TPSA) is 96.9 Å². The molecule has 3 fully saturated rings. The molecule has 190 valence electrons. The van der Waals surface area contributed by atoms with E-state index in [1.807, 2.05) is 35.4 Å². The summed E-state index contributed by atoms with van der Waals surface area (Å²) in [6, 6.07) is 7.92. The number of fused-ring (bicyclic) bond motifs is 2. The predicted octanol–water partition coefficient (Wildman–Crippen LogP) is 2.75. The number of ether oxygens (including phenoxy) is 2. The predicted molar refractivity (Wildman–Crippen MR) is 134 cm³/mol. The van der Waals surface area contributed by atoms with E-state index in [1.165, 1.54) is 20.0 Å². The lowest BCUT2D eigenvalue weighted by molar-refractivity contribution is -0.150. The van der Waals surface area contributed by atoms with Gasteiger partial charge in [0.15, 0.2) is 0 Å². The molecule has 1 saturated heterocycles. The fraction of sp³-hybridized carbons (Fsp3) is 0.556. The van der Waals surface area contributed by atoms with Crippen molar-refractivity contribution in [2.45, 2.75) is 50.1 Å². The van der Waals surface area contributed by atoms with Gasteiger partial charge in [-0.05, 0) is 68.8 Å². The van der Waals surface area contributed by atoms with Gasteiger partial charge in [0, 0.05) is 36.6 Å². The molecule has 1 amide bonds. The Bertz CT molecular complexity index is 1160. The monoisotopic (exact) mass is 491 g/mol. The van der Waals surface area contributed by atoms with E-state index in [2.05, 4.69) is 15.2 Å². The van der Waals surface area contributed by atoms with Crippen LogP contribution >= 0.6 is 0 Å². The Morgan fingerprint density at radius 3 is 2.67 bits per heavy atom. The lowest BCUT2D eigenvalue weighted by Crippen LogP contribution is -2.55. The minimum absolute atomic E-state index is 0.0396. The molecule has 9 nitrogen and oxygen atoms in total. The largest absolute Gasteiger partial charge is 0.497 e. The molecule has 1 N–H and O–H groups in total. The van der Waals surface area contributed by atoms with Gasteiger partial charge in [-0.3, -0.25) is 14.5 Å². The number of hydrogen-bond acceptors (Lipinski definition) is 8. The molecule has 1 unspecified atom stereocenters. The number of esters is 1. The van der Waals surface area contributed by atoms with E-state index in [9.17, 15) is 9.59 Å². The van der Waals surface area contributed by atoms with Crippen LogP contribution in [0.15, 0.2) is 30.5 Å².